The Balaban J connectivity index is 2.14. The standard InChI is InChI=1S/C30H30Cl4N4/c1-13-5-17(9-21(31)27(13)35)25(18-6-14(2)28(36)22(32)10-18)26(19-7-15(3)29(37)23(33)11-19)20-8-16(4)30(38)24(34)12-20/h5-12,25-26H,35-38H2,1-4H3. The zero-order valence-electron chi connectivity index (χ0n) is 21.6. The van der Waals surface area contributed by atoms with Gasteiger partial charge in [-0.1, -0.05) is 70.7 Å². The van der Waals surface area contributed by atoms with Crippen molar-refractivity contribution in [2.24, 2.45) is 0 Å². The van der Waals surface area contributed by atoms with Crippen LogP contribution in [0.3, 0.4) is 0 Å². The molecule has 8 heteroatoms. The van der Waals surface area contributed by atoms with Crippen molar-refractivity contribution in [2.75, 3.05) is 22.9 Å². The minimum absolute atomic E-state index is 0.276. The van der Waals surface area contributed by atoms with E-state index >= 15 is 0 Å². The minimum atomic E-state index is -0.276. The van der Waals surface area contributed by atoms with Crippen molar-refractivity contribution < 1.29 is 0 Å². The second kappa shape index (κ2) is 10.8. The Morgan fingerprint density at radius 1 is 0.395 bits per heavy atom. The molecule has 4 nitrogen and oxygen atoms in total. The average Bonchev–Trinajstić information content (AvgIpc) is 2.85. The smallest absolute Gasteiger partial charge is 0.0641 e. The summed E-state index contributed by atoms with van der Waals surface area (Å²) in [6, 6.07) is 15.8. The number of benzene rings is 4. The van der Waals surface area contributed by atoms with Gasteiger partial charge in [-0.3, -0.25) is 0 Å². The van der Waals surface area contributed by atoms with Crippen LogP contribution in [0.1, 0.15) is 56.3 Å². The molecule has 0 atom stereocenters. The lowest BCUT2D eigenvalue weighted by molar-refractivity contribution is 0.692. The molecule has 0 saturated heterocycles. The number of halogens is 4. The molecule has 0 unspecified atom stereocenters. The van der Waals surface area contributed by atoms with Crippen LogP contribution in [0.5, 0.6) is 0 Å². The fourth-order valence-electron chi connectivity index (χ4n) is 5.00. The van der Waals surface area contributed by atoms with E-state index in [4.69, 9.17) is 69.3 Å². The number of aryl methyl sites for hydroxylation is 4. The van der Waals surface area contributed by atoms with Gasteiger partial charge in [0.15, 0.2) is 0 Å². The maximum absolute atomic E-state index is 6.63. The molecule has 0 heterocycles. The van der Waals surface area contributed by atoms with Crippen LogP contribution in [0.15, 0.2) is 48.5 Å². The molecule has 4 aromatic carbocycles. The quantitative estimate of drug-likeness (QED) is 0.175. The lowest BCUT2D eigenvalue weighted by Crippen LogP contribution is -2.17. The highest BCUT2D eigenvalue weighted by Gasteiger charge is 2.31. The topological polar surface area (TPSA) is 104 Å². The molecular weight excluding hydrogens is 558 g/mol. The van der Waals surface area contributed by atoms with Crippen molar-refractivity contribution in [1.29, 1.82) is 0 Å². The molecule has 0 aliphatic rings. The highest BCUT2D eigenvalue weighted by molar-refractivity contribution is 6.34. The van der Waals surface area contributed by atoms with Crippen molar-refractivity contribution >= 4 is 69.2 Å². The Hall–Kier alpha value is -2.76. The molecule has 0 radical (unpaired) electrons. The van der Waals surface area contributed by atoms with Crippen LogP contribution in [0.25, 0.3) is 0 Å². The second-order valence-corrected chi connectivity index (χ2v) is 11.5. The van der Waals surface area contributed by atoms with E-state index in [0.29, 0.717) is 42.8 Å². The van der Waals surface area contributed by atoms with E-state index in [0.717, 1.165) is 44.5 Å². The molecule has 0 aromatic heterocycles. The summed E-state index contributed by atoms with van der Waals surface area (Å²) in [7, 11) is 0. The van der Waals surface area contributed by atoms with Crippen molar-refractivity contribution in [3.05, 3.63) is 113 Å². The summed E-state index contributed by atoms with van der Waals surface area (Å²) in [5.41, 5.74) is 34.4. The minimum Gasteiger partial charge on any atom is -0.397 e. The SMILES string of the molecule is Cc1cc(C(c2cc(C)c(N)c(Cl)c2)C(c2cc(C)c(N)c(Cl)c2)c2cc(C)c(N)c(Cl)c2)cc(Cl)c1N. The zero-order chi connectivity index (χ0) is 28.0. The zero-order valence-corrected chi connectivity index (χ0v) is 24.6. The van der Waals surface area contributed by atoms with E-state index < -0.39 is 0 Å². The summed E-state index contributed by atoms with van der Waals surface area (Å²) >= 11 is 26.5. The van der Waals surface area contributed by atoms with Gasteiger partial charge in [0, 0.05) is 11.8 Å². The Kier molecular flexibility index (Phi) is 8.02. The van der Waals surface area contributed by atoms with Crippen molar-refractivity contribution in [2.45, 2.75) is 39.5 Å². The molecule has 0 saturated carbocycles. The van der Waals surface area contributed by atoms with Gasteiger partial charge < -0.3 is 22.9 Å². The predicted octanol–water partition coefficient (Wildman–Crippen LogP) is 8.83. The van der Waals surface area contributed by atoms with Crippen LogP contribution < -0.4 is 22.9 Å². The van der Waals surface area contributed by atoms with Gasteiger partial charge in [-0.05, 0) is 96.5 Å². The van der Waals surface area contributed by atoms with E-state index in [-0.39, 0.29) is 11.8 Å². The monoisotopic (exact) mass is 586 g/mol. The molecule has 198 valence electrons. The fraction of sp³-hybridized carbons (Fsp3) is 0.200. The van der Waals surface area contributed by atoms with Gasteiger partial charge in [0.05, 0.1) is 42.8 Å². The highest BCUT2D eigenvalue weighted by atomic mass is 35.5. The third-order valence-corrected chi connectivity index (χ3v) is 8.46. The molecule has 0 bridgehead atoms. The summed E-state index contributed by atoms with van der Waals surface area (Å²) in [6.45, 7) is 7.75. The Morgan fingerprint density at radius 3 is 0.737 bits per heavy atom. The molecular formula is C30H30Cl4N4. The first-order chi connectivity index (χ1) is 17.8. The van der Waals surface area contributed by atoms with Gasteiger partial charge >= 0.3 is 0 Å². The lowest BCUT2D eigenvalue weighted by Gasteiger charge is -2.32. The predicted molar refractivity (Wildman–Crippen MR) is 166 cm³/mol. The third kappa shape index (κ3) is 5.23. The Bertz CT molecular complexity index is 1240. The van der Waals surface area contributed by atoms with Crippen LogP contribution in [0.2, 0.25) is 20.1 Å². The van der Waals surface area contributed by atoms with E-state index in [1.165, 1.54) is 0 Å². The van der Waals surface area contributed by atoms with E-state index in [9.17, 15) is 0 Å². The van der Waals surface area contributed by atoms with Gasteiger partial charge in [0.25, 0.3) is 0 Å². The number of hydrogen-bond donors (Lipinski definition) is 4. The number of nitrogen functional groups attached to an aromatic ring is 4. The molecule has 4 aromatic rings. The number of nitrogens with two attached hydrogens (primary N) is 4. The summed E-state index contributed by atoms with van der Waals surface area (Å²) in [6.07, 6.45) is 0. The molecule has 38 heavy (non-hydrogen) atoms. The maximum Gasteiger partial charge on any atom is 0.0641 e. The Morgan fingerprint density at radius 2 is 0.579 bits per heavy atom. The summed E-state index contributed by atoms with van der Waals surface area (Å²) in [5.74, 6) is -0.552. The van der Waals surface area contributed by atoms with Crippen molar-refractivity contribution in [3.63, 3.8) is 0 Å². The van der Waals surface area contributed by atoms with Crippen molar-refractivity contribution in [3.8, 4) is 0 Å². The summed E-state index contributed by atoms with van der Waals surface area (Å²) in [4.78, 5) is 0. The van der Waals surface area contributed by atoms with E-state index in [1.807, 2.05) is 52.0 Å². The van der Waals surface area contributed by atoms with Gasteiger partial charge in [0.2, 0.25) is 0 Å². The van der Waals surface area contributed by atoms with Gasteiger partial charge in [-0.15, -0.1) is 0 Å². The van der Waals surface area contributed by atoms with E-state index in [2.05, 4.69) is 24.3 Å². The van der Waals surface area contributed by atoms with E-state index in [1.54, 1.807) is 0 Å². The molecule has 0 fully saturated rings. The highest BCUT2D eigenvalue weighted by Crippen LogP contribution is 2.48. The normalized spacial score (nSPS) is 11.5. The van der Waals surface area contributed by atoms with Gasteiger partial charge in [0.1, 0.15) is 0 Å². The maximum atomic E-state index is 6.63. The molecule has 4 rings (SSSR count). The number of hydrogen-bond acceptors (Lipinski definition) is 4. The molecule has 0 aliphatic carbocycles. The first-order valence-corrected chi connectivity index (χ1v) is 13.5. The fourth-order valence-corrected chi connectivity index (χ4v) is 6.10. The largest absolute Gasteiger partial charge is 0.397 e. The average molecular weight is 588 g/mol. The molecule has 0 spiro atoms. The lowest BCUT2D eigenvalue weighted by atomic mass is 9.72. The van der Waals surface area contributed by atoms with Crippen molar-refractivity contribution in [1.82, 2.24) is 0 Å². The van der Waals surface area contributed by atoms with Crippen LogP contribution in [-0.2, 0) is 0 Å². The van der Waals surface area contributed by atoms with Crippen LogP contribution in [0.4, 0.5) is 22.7 Å². The van der Waals surface area contributed by atoms with Gasteiger partial charge in [-0.25, -0.2) is 0 Å². The first kappa shape index (κ1) is 28.3. The molecule has 8 N–H and O–H groups in total. The molecule has 0 amide bonds. The van der Waals surface area contributed by atoms with Crippen LogP contribution in [-0.4, -0.2) is 0 Å². The first-order valence-electron chi connectivity index (χ1n) is 12.0. The van der Waals surface area contributed by atoms with Crippen LogP contribution >= 0.6 is 46.4 Å². The number of anilines is 4. The summed E-state index contributed by atoms with van der Waals surface area (Å²) in [5, 5.41) is 1.89. The second-order valence-electron chi connectivity index (χ2n) is 9.89. The summed E-state index contributed by atoms with van der Waals surface area (Å²) < 4.78 is 0. The third-order valence-electron chi connectivity index (χ3n) is 7.20. The molecule has 0 aliphatic heterocycles. The number of rotatable bonds is 5. The van der Waals surface area contributed by atoms with Gasteiger partial charge in [-0.2, -0.15) is 0 Å². The van der Waals surface area contributed by atoms with Crippen LogP contribution in [0, 0.1) is 27.7 Å². The Labute approximate surface area is 243 Å².